The molecule has 0 spiro atoms. The van der Waals surface area contributed by atoms with E-state index in [0.29, 0.717) is 11.0 Å². The molecule has 1 saturated heterocycles. The number of rotatable bonds is 5. The second-order valence-electron chi connectivity index (χ2n) is 6.56. The SMILES string of the molecule is CC1(c2ccc(S(N)(=O)=O)cc2)NC(=O)N(CC(=O)c2ccc(F)cc2F)C1=O. The van der Waals surface area contributed by atoms with Crippen molar-refractivity contribution < 1.29 is 31.6 Å². The molecule has 3 amide bonds. The van der Waals surface area contributed by atoms with Gasteiger partial charge in [-0.1, -0.05) is 12.1 Å². The third-order valence-corrected chi connectivity index (χ3v) is 5.50. The Balaban J connectivity index is 1.86. The highest BCUT2D eigenvalue weighted by Gasteiger charge is 2.49. The molecule has 2 aromatic rings. The number of Topliss-reactive ketones (excluding diaryl/α,β-unsaturated/α-hetero) is 1. The number of nitrogens with one attached hydrogen (secondary N) is 1. The Morgan fingerprint density at radius 1 is 1.14 bits per heavy atom. The van der Waals surface area contributed by atoms with Crippen molar-refractivity contribution in [2.45, 2.75) is 17.4 Å². The van der Waals surface area contributed by atoms with Crippen LogP contribution in [0.25, 0.3) is 0 Å². The largest absolute Gasteiger partial charge is 0.325 e. The van der Waals surface area contributed by atoms with E-state index in [-0.39, 0.29) is 10.5 Å². The van der Waals surface area contributed by atoms with E-state index >= 15 is 0 Å². The van der Waals surface area contributed by atoms with Gasteiger partial charge in [0.1, 0.15) is 17.2 Å². The van der Waals surface area contributed by atoms with Crippen molar-refractivity contribution in [1.82, 2.24) is 10.2 Å². The summed E-state index contributed by atoms with van der Waals surface area (Å²) in [5.41, 5.74) is -1.78. The number of hydrogen-bond acceptors (Lipinski definition) is 5. The van der Waals surface area contributed by atoms with Gasteiger partial charge in [-0.25, -0.2) is 27.1 Å². The van der Waals surface area contributed by atoms with Crippen molar-refractivity contribution in [3.8, 4) is 0 Å². The molecule has 8 nitrogen and oxygen atoms in total. The van der Waals surface area contributed by atoms with Crippen LogP contribution in [0.1, 0.15) is 22.8 Å². The van der Waals surface area contributed by atoms with Crippen LogP contribution >= 0.6 is 0 Å². The topological polar surface area (TPSA) is 127 Å². The van der Waals surface area contributed by atoms with Crippen molar-refractivity contribution in [3.05, 3.63) is 65.2 Å². The standard InChI is InChI=1S/C18H15F2N3O5S/c1-18(10-2-5-12(6-3-10)29(21,27)28)16(25)23(17(26)22-18)9-15(24)13-7-4-11(19)8-14(13)20/h2-8H,9H2,1H3,(H,22,26)(H2,21,27,28). The lowest BCUT2D eigenvalue weighted by Gasteiger charge is -2.22. The molecule has 1 atom stereocenters. The molecule has 1 aliphatic rings. The fourth-order valence-electron chi connectivity index (χ4n) is 2.96. The molecule has 2 aromatic carbocycles. The molecule has 1 fully saturated rings. The number of benzene rings is 2. The smallest absolute Gasteiger partial charge is 0.319 e. The van der Waals surface area contributed by atoms with Gasteiger partial charge >= 0.3 is 6.03 Å². The van der Waals surface area contributed by atoms with Crippen molar-refractivity contribution in [1.29, 1.82) is 0 Å². The lowest BCUT2D eigenvalue weighted by molar-refractivity contribution is -0.130. The Labute approximate surface area is 164 Å². The van der Waals surface area contributed by atoms with Crippen LogP contribution in [-0.2, 0) is 20.4 Å². The highest BCUT2D eigenvalue weighted by molar-refractivity contribution is 7.89. The number of carbonyl (C=O) groups is 3. The number of halogens is 2. The quantitative estimate of drug-likeness (QED) is 0.553. The second kappa shape index (κ2) is 7.01. The first-order valence-corrected chi connectivity index (χ1v) is 9.74. The van der Waals surface area contributed by atoms with Crippen LogP contribution in [0.3, 0.4) is 0 Å². The van der Waals surface area contributed by atoms with Gasteiger partial charge in [0.25, 0.3) is 5.91 Å². The Morgan fingerprint density at radius 3 is 2.31 bits per heavy atom. The number of nitrogens with zero attached hydrogens (tertiary/aromatic N) is 1. The van der Waals surface area contributed by atoms with E-state index in [1.807, 2.05) is 0 Å². The first kappa shape index (κ1) is 20.6. The van der Waals surface area contributed by atoms with Gasteiger partial charge in [0, 0.05) is 6.07 Å². The zero-order valence-electron chi connectivity index (χ0n) is 15.0. The number of sulfonamides is 1. The summed E-state index contributed by atoms with van der Waals surface area (Å²) in [7, 11) is -3.94. The number of amides is 3. The lowest BCUT2D eigenvalue weighted by atomic mass is 9.92. The Bertz CT molecular complexity index is 1130. The number of carbonyl (C=O) groups excluding carboxylic acids is 3. The minimum atomic E-state index is -3.94. The van der Waals surface area contributed by atoms with E-state index in [1.165, 1.54) is 31.2 Å². The van der Waals surface area contributed by atoms with Crippen LogP contribution in [-0.4, -0.2) is 37.6 Å². The van der Waals surface area contributed by atoms with Gasteiger partial charge in [0.15, 0.2) is 5.78 Å². The fourth-order valence-corrected chi connectivity index (χ4v) is 3.47. The summed E-state index contributed by atoms with van der Waals surface area (Å²) in [6, 6.07) is 6.43. The van der Waals surface area contributed by atoms with Crippen LogP contribution in [0.15, 0.2) is 47.4 Å². The Hall–Kier alpha value is -3.18. The van der Waals surface area contributed by atoms with Gasteiger partial charge in [-0.15, -0.1) is 0 Å². The number of hydrogen-bond donors (Lipinski definition) is 2. The molecule has 0 radical (unpaired) electrons. The van der Waals surface area contributed by atoms with E-state index in [0.717, 1.165) is 12.1 Å². The molecule has 0 aliphatic carbocycles. The van der Waals surface area contributed by atoms with Crippen LogP contribution < -0.4 is 10.5 Å². The maximum Gasteiger partial charge on any atom is 0.325 e. The summed E-state index contributed by atoms with van der Waals surface area (Å²) in [4.78, 5) is 37.8. The second-order valence-corrected chi connectivity index (χ2v) is 8.12. The predicted octanol–water partition coefficient (Wildman–Crippen LogP) is 1.26. The fraction of sp³-hybridized carbons (Fsp3) is 0.167. The summed E-state index contributed by atoms with van der Waals surface area (Å²) in [6.45, 7) is 0.625. The maximum atomic E-state index is 13.8. The van der Waals surface area contributed by atoms with E-state index in [9.17, 15) is 31.6 Å². The molecule has 29 heavy (non-hydrogen) atoms. The molecule has 0 bridgehead atoms. The molecular formula is C18H15F2N3O5S. The van der Waals surface area contributed by atoms with Crippen LogP contribution in [0.5, 0.6) is 0 Å². The molecule has 3 N–H and O–H groups in total. The minimum absolute atomic E-state index is 0.180. The first-order chi connectivity index (χ1) is 13.4. The number of ketones is 1. The number of nitrogens with two attached hydrogens (primary N) is 1. The van der Waals surface area contributed by atoms with Gasteiger partial charge in [-0.2, -0.15) is 0 Å². The van der Waals surface area contributed by atoms with Crippen LogP contribution in [0, 0.1) is 11.6 Å². The number of imide groups is 1. The third-order valence-electron chi connectivity index (χ3n) is 4.57. The monoisotopic (exact) mass is 423 g/mol. The molecule has 1 heterocycles. The van der Waals surface area contributed by atoms with Gasteiger partial charge in [-0.05, 0) is 36.8 Å². The van der Waals surface area contributed by atoms with Crippen LogP contribution in [0.2, 0.25) is 0 Å². The van der Waals surface area contributed by atoms with Crippen molar-refractivity contribution in [2.24, 2.45) is 5.14 Å². The van der Waals surface area contributed by atoms with E-state index in [4.69, 9.17) is 5.14 Å². The number of primary sulfonamides is 1. The van der Waals surface area contributed by atoms with Gasteiger partial charge < -0.3 is 5.32 Å². The summed E-state index contributed by atoms with van der Waals surface area (Å²) >= 11 is 0. The van der Waals surface area contributed by atoms with Crippen molar-refractivity contribution >= 4 is 27.7 Å². The molecular weight excluding hydrogens is 408 g/mol. The average Bonchev–Trinajstić information content (AvgIpc) is 2.85. The van der Waals surface area contributed by atoms with Gasteiger partial charge in [0.05, 0.1) is 17.0 Å². The van der Waals surface area contributed by atoms with E-state index < -0.39 is 57.0 Å². The molecule has 1 unspecified atom stereocenters. The zero-order valence-corrected chi connectivity index (χ0v) is 15.8. The summed E-state index contributed by atoms with van der Waals surface area (Å²) < 4.78 is 49.5. The molecule has 1 aliphatic heterocycles. The molecule has 0 saturated carbocycles. The normalized spacial score (nSPS) is 19.4. The predicted molar refractivity (Wildman–Crippen MR) is 96.1 cm³/mol. The Kier molecular flexibility index (Phi) is 4.97. The summed E-state index contributed by atoms with van der Waals surface area (Å²) in [5, 5.41) is 7.47. The van der Waals surface area contributed by atoms with Gasteiger partial charge in [-0.3, -0.25) is 14.5 Å². The average molecular weight is 423 g/mol. The van der Waals surface area contributed by atoms with Crippen LogP contribution in [0.4, 0.5) is 13.6 Å². The van der Waals surface area contributed by atoms with E-state index in [1.54, 1.807) is 0 Å². The highest BCUT2D eigenvalue weighted by atomic mass is 32.2. The van der Waals surface area contributed by atoms with Gasteiger partial charge in [0.2, 0.25) is 10.0 Å². The molecule has 152 valence electrons. The number of urea groups is 1. The van der Waals surface area contributed by atoms with Crippen molar-refractivity contribution in [2.75, 3.05) is 6.54 Å². The van der Waals surface area contributed by atoms with Crippen molar-refractivity contribution in [3.63, 3.8) is 0 Å². The molecule has 0 aromatic heterocycles. The summed E-state index contributed by atoms with van der Waals surface area (Å²) in [6.07, 6.45) is 0. The maximum absolute atomic E-state index is 13.8. The first-order valence-electron chi connectivity index (χ1n) is 8.19. The molecule has 3 rings (SSSR count). The van der Waals surface area contributed by atoms with E-state index in [2.05, 4.69) is 5.32 Å². The lowest BCUT2D eigenvalue weighted by Crippen LogP contribution is -2.41. The highest BCUT2D eigenvalue weighted by Crippen LogP contribution is 2.29. The molecule has 11 heteroatoms. The summed E-state index contributed by atoms with van der Waals surface area (Å²) in [5.74, 6) is -3.66. The zero-order chi connectivity index (χ0) is 21.6. The Morgan fingerprint density at radius 2 is 1.76 bits per heavy atom. The minimum Gasteiger partial charge on any atom is -0.319 e. The third kappa shape index (κ3) is 3.74.